The Morgan fingerprint density at radius 1 is 1.03 bits per heavy atom. The maximum absolute atomic E-state index is 12.9. The third-order valence-electron chi connectivity index (χ3n) is 4.71. The quantitative estimate of drug-likeness (QED) is 0.457. The highest BCUT2D eigenvalue weighted by molar-refractivity contribution is 7.15. The Hall–Kier alpha value is -3.58. The molecule has 0 spiro atoms. The zero-order chi connectivity index (χ0) is 20.0. The molecule has 3 aromatic heterocycles. The lowest BCUT2D eigenvalue weighted by molar-refractivity contribution is 0.355. The first-order valence-electron chi connectivity index (χ1n) is 8.92. The number of rotatable bonds is 4. The molecule has 0 aliphatic rings. The number of imidazole rings is 1. The van der Waals surface area contributed by atoms with Gasteiger partial charge in [0.05, 0.1) is 25.3 Å². The van der Waals surface area contributed by atoms with E-state index in [2.05, 4.69) is 4.98 Å². The van der Waals surface area contributed by atoms with Gasteiger partial charge in [-0.05, 0) is 42.5 Å². The van der Waals surface area contributed by atoms with Crippen molar-refractivity contribution in [2.75, 3.05) is 14.2 Å². The van der Waals surface area contributed by atoms with Crippen LogP contribution in [-0.2, 0) is 0 Å². The highest BCUT2D eigenvalue weighted by Gasteiger charge is 2.12. The van der Waals surface area contributed by atoms with Crippen molar-refractivity contribution in [1.29, 1.82) is 0 Å². The topological polar surface area (TPSA) is 66.0 Å². The monoisotopic (exact) mass is 404 g/mol. The number of methoxy groups -OCH3 is 2. The van der Waals surface area contributed by atoms with Crippen LogP contribution >= 0.6 is 11.3 Å². The molecule has 0 amide bonds. The van der Waals surface area contributed by atoms with Gasteiger partial charge in [0.2, 0.25) is 0 Å². The Bertz CT molecular complexity index is 1460. The summed E-state index contributed by atoms with van der Waals surface area (Å²) >= 11 is 1.35. The fourth-order valence-corrected chi connectivity index (χ4v) is 4.28. The number of nitrogens with zero attached hydrogens (tertiary/aromatic N) is 2. The summed E-state index contributed by atoms with van der Waals surface area (Å²) in [5, 5.41) is 0. The van der Waals surface area contributed by atoms with Crippen molar-refractivity contribution in [1.82, 2.24) is 9.38 Å². The lowest BCUT2D eigenvalue weighted by Gasteiger charge is -2.08. The zero-order valence-corrected chi connectivity index (χ0v) is 16.5. The second-order valence-corrected chi connectivity index (χ2v) is 7.42. The largest absolute Gasteiger partial charge is 0.493 e. The molecular formula is C22H16N2O4S. The maximum atomic E-state index is 12.9. The summed E-state index contributed by atoms with van der Waals surface area (Å²) in [7, 11) is 3.19. The number of para-hydroxylation sites is 2. The van der Waals surface area contributed by atoms with Gasteiger partial charge in [-0.2, -0.15) is 0 Å². The summed E-state index contributed by atoms with van der Waals surface area (Å²) in [6, 6.07) is 16.9. The SMILES string of the molecule is COc1ccc(-c2ccc(/C=c3/sc4nc5ccccc5n4c3=O)o2)cc1OC. The van der Waals surface area contributed by atoms with Crippen molar-refractivity contribution in [2.45, 2.75) is 0 Å². The zero-order valence-electron chi connectivity index (χ0n) is 15.7. The molecule has 2 aromatic carbocycles. The van der Waals surface area contributed by atoms with Gasteiger partial charge in [0.1, 0.15) is 16.1 Å². The summed E-state index contributed by atoms with van der Waals surface area (Å²) in [4.78, 5) is 18.1. The maximum Gasteiger partial charge on any atom is 0.275 e. The van der Waals surface area contributed by atoms with E-state index in [0.717, 1.165) is 16.6 Å². The van der Waals surface area contributed by atoms with Crippen molar-refractivity contribution >= 4 is 33.4 Å². The van der Waals surface area contributed by atoms with Crippen molar-refractivity contribution in [3.05, 3.63) is 75.2 Å². The number of thiazole rings is 1. The molecule has 7 heteroatoms. The fourth-order valence-electron chi connectivity index (χ4n) is 3.32. The summed E-state index contributed by atoms with van der Waals surface area (Å²) < 4.78 is 18.8. The van der Waals surface area contributed by atoms with Gasteiger partial charge in [0.25, 0.3) is 5.56 Å². The number of aromatic nitrogens is 2. The molecule has 0 bridgehead atoms. The minimum Gasteiger partial charge on any atom is -0.493 e. The molecule has 144 valence electrons. The molecule has 0 radical (unpaired) electrons. The van der Waals surface area contributed by atoms with Crippen LogP contribution in [0.3, 0.4) is 0 Å². The van der Waals surface area contributed by atoms with Gasteiger partial charge in [-0.25, -0.2) is 9.38 Å². The van der Waals surface area contributed by atoms with E-state index in [1.807, 2.05) is 54.6 Å². The molecule has 6 nitrogen and oxygen atoms in total. The van der Waals surface area contributed by atoms with Gasteiger partial charge in [-0.3, -0.25) is 4.79 Å². The van der Waals surface area contributed by atoms with Crippen LogP contribution in [0.1, 0.15) is 5.76 Å². The van der Waals surface area contributed by atoms with Crippen LogP contribution in [0.4, 0.5) is 0 Å². The highest BCUT2D eigenvalue weighted by Crippen LogP contribution is 2.33. The normalized spacial score (nSPS) is 12.1. The molecule has 5 aromatic rings. The van der Waals surface area contributed by atoms with Gasteiger partial charge >= 0.3 is 0 Å². The first kappa shape index (κ1) is 17.5. The second kappa shape index (κ2) is 6.79. The van der Waals surface area contributed by atoms with Crippen molar-refractivity contribution in [3.63, 3.8) is 0 Å². The number of ether oxygens (including phenoxy) is 2. The predicted molar refractivity (Wildman–Crippen MR) is 113 cm³/mol. The van der Waals surface area contributed by atoms with E-state index in [1.165, 1.54) is 11.3 Å². The number of hydrogen-bond donors (Lipinski definition) is 0. The van der Waals surface area contributed by atoms with Crippen molar-refractivity contribution < 1.29 is 13.9 Å². The van der Waals surface area contributed by atoms with Crippen LogP contribution < -0.4 is 19.6 Å². The molecule has 0 aliphatic carbocycles. The molecule has 0 fully saturated rings. The Morgan fingerprint density at radius 2 is 1.86 bits per heavy atom. The first-order valence-corrected chi connectivity index (χ1v) is 9.73. The summed E-state index contributed by atoms with van der Waals surface area (Å²) in [6.07, 6.45) is 1.75. The Kier molecular flexibility index (Phi) is 4.10. The van der Waals surface area contributed by atoms with E-state index in [4.69, 9.17) is 13.9 Å². The van der Waals surface area contributed by atoms with E-state index in [0.29, 0.717) is 32.5 Å². The summed E-state index contributed by atoms with van der Waals surface area (Å²) in [6.45, 7) is 0. The van der Waals surface area contributed by atoms with Crippen LogP contribution in [0.25, 0.3) is 33.4 Å². The van der Waals surface area contributed by atoms with E-state index >= 15 is 0 Å². The Balaban J connectivity index is 1.57. The van der Waals surface area contributed by atoms with Crippen LogP contribution in [-0.4, -0.2) is 23.6 Å². The van der Waals surface area contributed by atoms with E-state index in [1.54, 1.807) is 24.7 Å². The standard InChI is InChI=1S/C22H16N2O4S/c1-26-18-9-7-13(11-19(18)27-2)17-10-8-14(28-17)12-20-21(25)24-16-6-4-3-5-15(16)23-22(24)29-20/h3-12H,1-2H3/b20-12+. The smallest absolute Gasteiger partial charge is 0.275 e. The van der Waals surface area contributed by atoms with Crippen molar-refractivity contribution in [3.8, 4) is 22.8 Å². The average Bonchev–Trinajstić information content (AvgIpc) is 3.43. The minimum atomic E-state index is -0.0947. The molecule has 3 heterocycles. The predicted octanol–water partition coefficient (Wildman–Crippen LogP) is 3.73. The van der Waals surface area contributed by atoms with E-state index in [-0.39, 0.29) is 5.56 Å². The molecule has 0 N–H and O–H groups in total. The van der Waals surface area contributed by atoms with Crippen molar-refractivity contribution in [2.24, 2.45) is 0 Å². The van der Waals surface area contributed by atoms with Gasteiger partial charge in [0.15, 0.2) is 16.5 Å². The number of hydrogen-bond acceptors (Lipinski definition) is 6. The molecule has 0 saturated carbocycles. The lowest BCUT2D eigenvalue weighted by Crippen LogP contribution is -2.22. The number of benzene rings is 2. The Labute approximate surface area is 169 Å². The second-order valence-electron chi connectivity index (χ2n) is 6.41. The van der Waals surface area contributed by atoms with Gasteiger partial charge in [-0.15, -0.1) is 0 Å². The Morgan fingerprint density at radius 3 is 2.69 bits per heavy atom. The number of fused-ring (bicyclic) bond motifs is 3. The lowest BCUT2D eigenvalue weighted by atomic mass is 10.1. The minimum absolute atomic E-state index is 0.0947. The third kappa shape index (κ3) is 2.87. The molecular weight excluding hydrogens is 388 g/mol. The van der Waals surface area contributed by atoms with Crippen LogP contribution in [0.2, 0.25) is 0 Å². The van der Waals surface area contributed by atoms with Gasteiger partial charge in [-0.1, -0.05) is 23.5 Å². The van der Waals surface area contributed by atoms with E-state index < -0.39 is 0 Å². The highest BCUT2D eigenvalue weighted by atomic mass is 32.1. The molecule has 0 unspecified atom stereocenters. The molecule has 5 rings (SSSR count). The van der Waals surface area contributed by atoms with Gasteiger partial charge < -0.3 is 13.9 Å². The molecule has 0 saturated heterocycles. The van der Waals surface area contributed by atoms with Crippen LogP contribution in [0, 0.1) is 0 Å². The summed E-state index contributed by atoms with van der Waals surface area (Å²) in [5.41, 5.74) is 2.39. The molecule has 0 aliphatic heterocycles. The summed E-state index contributed by atoms with van der Waals surface area (Å²) in [5.74, 6) is 2.55. The van der Waals surface area contributed by atoms with Crippen LogP contribution in [0.15, 0.2) is 63.8 Å². The first-order chi connectivity index (χ1) is 14.2. The average molecular weight is 404 g/mol. The third-order valence-corrected chi connectivity index (χ3v) is 5.68. The molecule has 29 heavy (non-hydrogen) atoms. The number of furan rings is 1. The molecule has 0 atom stereocenters. The van der Waals surface area contributed by atoms with E-state index in [9.17, 15) is 4.79 Å². The fraction of sp³-hybridized carbons (Fsp3) is 0.0909. The van der Waals surface area contributed by atoms with Crippen LogP contribution in [0.5, 0.6) is 11.5 Å². The van der Waals surface area contributed by atoms with Gasteiger partial charge in [0, 0.05) is 11.6 Å².